The minimum Gasteiger partial charge on any atom is -0.480 e. The number of imide groups is 2. The zero-order valence-corrected chi connectivity index (χ0v) is 15.6. The number of hydrogen-bond acceptors (Lipinski definition) is 7. The number of nitrogens with one attached hydrogen (secondary N) is 1. The molecule has 1 saturated heterocycles. The summed E-state index contributed by atoms with van der Waals surface area (Å²) in [6.07, 6.45) is 1.14. The largest absolute Gasteiger partial charge is 0.480 e. The van der Waals surface area contributed by atoms with Crippen molar-refractivity contribution in [1.29, 1.82) is 0 Å². The number of benzene rings is 1. The van der Waals surface area contributed by atoms with Gasteiger partial charge in [-0.1, -0.05) is 0 Å². The number of rotatable bonds is 4. The molecule has 1 aliphatic rings. The normalized spacial score (nSPS) is 17.5. The molecule has 132 valence electrons. The number of carbonyl (C=O) groups excluding carboxylic acids is 3. The molecule has 1 aliphatic heterocycles. The number of urea groups is 1. The Labute approximate surface area is 161 Å². The van der Waals surface area contributed by atoms with Crippen LogP contribution in [0.3, 0.4) is 0 Å². The molecule has 1 aromatic carbocycles. The molecule has 4 amide bonds. The number of barbiturate groups is 1. The molecule has 0 aliphatic carbocycles. The van der Waals surface area contributed by atoms with Crippen LogP contribution in [0.1, 0.15) is 0 Å². The van der Waals surface area contributed by atoms with Gasteiger partial charge in [0.25, 0.3) is 5.91 Å². The summed E-state index contributed by atoms with van der Waals surface area (Å²) < 4.78 is 5.84. The first-order valence-electron chi connectivity index (χ1n) is 7.36. The minimum atomic E-state index is -1.25. The highest BCUT2D eigenvalue weighted by Crippen LogP contribution is 2.21. The van der Waals surface area contributed by atoms with Crippen LogP contribution in [0.2, 0.25) is 0 Å². The van der Waals surface area contributed by atoms with Crippen molar-refractivity contribution in [1.82, 2.24) is 15.5 Å². The van der Waals surface area contributed by atoms with Crippen molar-refractivity contribution in [2.75, 3.05) is 12.0 Å². The van der Waals surface area contributed by atoms with Crippen LogP contribution in [0.15, 0.2) is 41.4 Å². The SMILES string of the molecule is COc1ccc(N=C[C@@H]2C(=O)NC(=O)N(c3ccc(I)cc3)C2=O)nn1. The highest BCUT2D eigenvalue weighted by atomic mass is 127. The number of aliphatic imine (C=N–C) groups is 1. The van der Waals surface area contributed by atoms with Gasteiger partial charge >= 0.3 is 6.03 Å². The number of hydrogen-bond donors (Lipinski definition) is 1. The molecule has 0 unspecified atom stereocenters. The van der Waals surface area contributed by atoms with Crippen LogP contribution in [0.4, 0.5) is 16.3 Å². The Bertz CT molecular complexity index is 883. The Balaban J connectivity index is 1.84. The Morgan fingerprint density at radius 3 is 2.50 bits per heavy atom. The molecule has 26 heavy (non-hydrogen) atoms. The predicted octanol–water partition coefficient (Wildman–Crippen LogP) is 1.69. The lowest BCUT2D eigenvalue weighted by Gasteiger charge is -2.28. The number of ether oxygens (including phenoxy) is 1. The van der Waals surface area contributed by atoms with E-state index in [1.54, 1.807) is 30.3 Å². The summed E-state index contributed by atoms with van der Waals surface area (Å²) in [7, 11) is 1.45. The third-order valence-electron chi connectivity index (χ3n) is 3.48. The highest BCUT2D eigenvalue weighted by molar-refractivity contribution is 14.1. The monoisotopic (exact) mass is 465 g/mol. The average Bonchev–Trinajstić information content (AvgIpc) is 2.63. The summed E-state index contributed by atoms with van der Waals surface area (Å²) in [6.45, 7) is 0. The smallest absolute Gasteiger partial charge is 0.335 e. The summed E-state index contributed by atoms with van der Waals surface area (Å²) in [6, 6.07) is 9.02. The van der Waals surface area contributed by atoms with Gasteiger partial charge in [0.1, 0.15) is 0 Å². The van der Waals surface area contributed by atoms with Crippen molar-refractivity contribution in [3.63, 3.8) is 0 Å². The van der Waals surface area contributed by atoms with E-state index in [0.717, 1.165) is 14.7 Å². The van der Waals surface area contributed by atoms with E-state index >= 15 is 0 Å². The topological polar surface area (TPSA) is 114 Å². The van der Waals surface area contributed by atoms with E-state index in [1.807, 2.05) is 0 Å². The molecular formula is C16H12IN5O4. The molecule has 2 heterocycles. The van der Waals surface area contributed by atoms with Gasteiger partial charge in [0, 0.05) is 15.9 Å². The van der Waals surface area contributed by atoms with Gasteiger partial charge in [-0.25, -0.2) is 14.7 Å². The average molecular weight is 465 g/mol. The molecule has 0 bridgehead atoms. The van der Waals surface area contributed by atoms with Crippen LogP contribution in [0.25, 0.3) is 0 Å². The Morgan fingerprint density at radius 1 is 1.15 bits per heavy atom. The van der Waals surface area contributed by atoms with Gasteiger partial charge in [-0.2, -0.15) is 0 Å². The molecule has 9 nitrogen and oxygen atoms in total. The molecular weight excluding hydrogens is 453 g/mol. The number of aromatic nitrogens is 2. The fourth-order valence-corrected chi connectivity index (χ4v) is 2.56. The molecule has 2 aromatic rings. The maximum atomic E-state index is 12.6. The standard InChI is InChI=1S/C16H12IN5O4/c1-26-13-7-6-12(20-21-13)18-8-11-14(23)19-16(25)22(15(11)24)10-4-2-9(17)3-5-10/h2-8,11H,1H3,(H,19,23,25)/t11-/m1/s1. The minimum absolute atomic E-state index is 0.198. The van der Waals surface area contributed by atoms with E-state index in [4.69, 9.17) is 4.74 Å². The van der Waals surface area contributed by atoms with Crippen molar-refractivity contribution >= 4 is 58.2 Å². The number of halogens is 1. The molecule has 1 aromatic heterocycles. The van der Waals surface area contributed by atoms with Crippen molar-refractivity contribution in [3.05, 3.63) is 40.0 Å². The lowest BCUT2D eigenvalue weighted by molar-refractivity contribution is -0.131. The Kier molecular flexibility index (Phi) is 5.21. The Morgan fingerprint density at radius 2 is 1.88 bits per heavy atom. The van der Waals surface area contributed by atoms with Gasteiger partial charge < -0.3 is 4.74 Å². The predicted molar refractivity (Wildman–Crippen MR) is 100 cm³/mol. The second kappa shape index (κ2) is 7.56. The van der Waals surface area contributed by atoms with Gasteiger partial charge in [0.05, 0.1) is 12.8 Å². The molecule has 1 fully saturated rings. The van der Waals surface area contributed by atoms with E-state index in [-0.39, 0.29) is 5.82 Å². The zero-order valence-electron chi connectivity index (χ0n) is 13.4. The number of carbonyl (C=O) groups is 3. The van der Waals surface area contributed by atoms with Gasteiger partial charge in [-0.15, -0.1) is 10.2 Å². The highest BCUT2D eigenvalue weighted by Gasteiger charge is 2.40. The summed E-state index contributed by atoms with van der Waals surface area (Å²) in [5.74, 6) is -2.18. The second-order valence-electron chi connectivity index (χ2n) is 5.13. The first-order valence-corrected chi connectivity index (χ1v) is 8.44. The third kappa shape index (κ3) is 3.69. The Hall–Kier alpha value is -2.89. The van der Waals surface area contributed by atoms with Crippen LogP contribution in [-0.4, -0.2) is 41.4 Å². The number of amides is 4. The van der Waals surface area contributed by atoms with Crippen LogP contribution in [0.5, 0.6) is 5.88 Å². The number of anilines is 1. The second-order valence-corrected chi connectivity index (χ2v) is 6.38. The lowest BCUT2D eigenvalue weighted by atomic mass is 10.1. The fraction of sp³-hybridized carbons (Fsp3) is 0.125. The van der Waals surface area contributed by atoms with Crippen molar-refractivity contribution in [3.8, 4) is 5.88 Å². The van der Waals surface area contributed by atoms with Crippen LogP contribution in [0, 0.1) is 9.49 Å². The summed E-state index contributed by atoms with van der Waals surface area (Å²) in [4.78, 5) is 41.7. The van der Waals surface area contributed by atoms with E-state index in [0.29, 0.717) is 11.6 Å². The lowest BCUT2D eigenvalue weighted by Crippen LogP contribution is -2.58. The van der Waals surface area contributed by atoms with Crippen LogP contribution >= 0.6 is 22.6 Å². The molecule has 1 atom stereocenters. The van der Waals surface area contributed by atoms with Crippen molar-refractivity contribution < 1.29 is 19.1 Å². The van der Waals surface area contributed by atoms with Gasteiger partial charge in [-0.05, 0) is 52.9 Å². The molecule has 0 spiro atoms. The summed E-state index contributed by atoms with van der Waals surface area (Å²) >= 11 is 2.11. The quantitative estimate of drug-likeness (QED) is 0.418. The van der Waals surface area contributed by atoms with Crippen molar-refractivity contribution in [2.45, 2.75) is 0 Å². The van der Waals surface area contributed by atoms with E-state index in [2.05, 4.69) is 43.1 Å². The number of methoxy groups -OCH3 is 1. The fourth-order valence-electron chi connectivity index (χ4n) is 2.20. The van der Waals surface area contributed by atoms with Gasteiger partial charge in [0.15, 0.2) is 11.7 Å². The molecule has 10 heteroatoms. The maximum Gasteiger partial charge on any atom is 0.335 e. The van der Waals surface area contributed by atoms with E-state index in [9.17, 15) is 14.4 Å². The van der Waals surface area contributed by atoms with Crippen LogP contribution in [-0.2, 0) is 9.59 Å². The maximum absolute atomic E-state index is 12.6. The van der Waals surface area contributed by atoms with Gasteiger partial charge in [-0.3, -0.25) is 14.9 Å². The first kappa shape index (κ1) is 17.9. The molecule has 3 rings (SSSR count). The zero-order chi connectivity index (χ0) is 18.7. The first-order chi connectivity index (χ1) is 12.5. The van der Waals surface area contributed by atoms with Crippen LogP contribution < -0.4 is 15.0 Å². The molecule has 0 radical (unpaired) electrons. The number of nitrogens with zero attached hydrogens (tertiary/aromatic N) is 4. The summed E-state index contributed by atoms with van der Waals surface area (Å²) in [5, 5.41) is 9.69. The van der Waals surface area contributed by atoms with Gasteiger partial charge in [0.2, 0.25) is 11.8 Å². The molecule has 0 saturated carbocycles. The van der Waals surface area contributed by atoms with E-state index < -0.39 is 23.8 Å². The third-order valence-corrected chi connectivity index (χ3v) is 4.20. The molecule has 1 N–H and O–H groups in total. The van der Waals surface area contributed by atoms with Crippen molar-refractivity contribution in [2.24, 2.45) is 10.9 Å². The van der Waals surface area contributed by atoms with E-state index in [1.165, 1.54) is 13.2 Å². The summed E-state index contributed by atoms with van der Waals surface area (Å²) in [5.41, 5.74) is 0.364.